The molecule has 1 unspecified atom stereocenters. The Bertz CT molecular complexity index is 706. The number of hydrogen-bond acceptors (Lipinski definition) is 6. The molecule has 0 saturated heterocycles. The van der Waals surface area contributed by atoms with Gasteiger partial charge in [-0.05, 0) is 12.3 Å². The smallest absolute Gasteiger partial charge is 0.275 e. The fourth-order valence-electron chi connectivity index (χ4n) is 1.92. The molecule has 0 bridgehead atoms. The van der Waals surface area contributed by atoms with E-state index in [1.807, 2.05) is 20.8 Å². The van der Waals surface area contributed by atoms with E-state index in [4.69, 9.17) is 0 Å². The van der Waals surface area contributed by atoms with E-state index in [-0.39, 0.29) is 17.4 Å². The Labute approximate surface area is 126 Å². The number of likely N-dealkylation sites (N-methyl/N-ethyl adjacent to an activating group) is 1. The van der Waals surface area contributed by atoms with Gasteiger partial charge >= 0.3 is 0 Å². The predicted molar refractivity (Wildman–Crippen MR) is 82.8 cm³/mol. The van der Waals surface area contributed by atoms with Gasteiger partial charge in [0.05, 0.1) is 0 Å². The maximum Gasteiger partial charge on any atom is 0.275 e. The summed E-state index contributed by atoms with van der Waals surface area (Å²) >= 11 is 1.26. The molecule has 0 aromatic carbocycles. The summed E-state index contributed by atoms with van der Waals surface area (Å²) < 4.78 is 1.26. The summed E-state index contributed by atoms with van der Waals surface area (Å²) in [6.07, 6.45) is 0.694. The fourth-order valence-corrected chi connectivity index (χ4v) is 2.78. The van der Waals surface area contributed by atoms with Gasteiger partial charge < -0.3 is 10.6 Å². The van der Waals surface area contributed by atoms with Crippen molar-refractivity contribution < 1.29 is 4.79 Å². The average molecular weight is 309 g/mol. The number of nitrogens with one attached hydrogen (secondary N) is 2. The number of aryl methyl sites for hydroxylation is 1. The van der Waals surface area contributed by atoms with Gasteiger partial charge in [-0.1, -0.05) is 32.1 Å². The molecule has 0 radical (unpaired) electrons. The Hall–Kier alpha value is -1.96. The van der Waals surface area contributed by atoms with Crippen LogP contribution in [0, 0.1) is 5.92 Å². The molecule has 0 aliphatic rings. The van der Waals surface area contributed by atoms with E-state index >= 15 is 0 Å². The number of fused-ring (bicyclic) bond motifs is 1. The first kappa shape index (κ1) is 15.4. The predicted octanol–water partition coefficient (Wildman–Crippen LogP) is 0.896. The van der Waals surface area contributed by atoms with Crippen molar-refractivity contribution in [2.24, 2.45) is 5.92 Å². The molecule has 0 saturated carbocycles. The van der Waals surface area contributed by atoms with Crippen molar-refractivity contribution in [2.45, 2.75) is 33.2 Å². The highest BCUT2D eigenvalue weighted by Crippen LogP contribution is 2.19. The molecule has 2 aromatic heterocycles. The zero-order chi connectivity index (χ0) is 15.6. The maximum atomic E-state index is 11.9. The van der Waals surface area contributed by atoms with Gasteiger partial charge in [0, 0.05) is 18.8 Å². The number of anilines is 1. The van der Waals surface area contributed by atoms with Gasteiger partial charge in [-0.2, -0.15) is 4.52 Å². The van der Waals surface area contributed by atoms with Gasteiger partial charge in [-0.15, -0.1) is 5.10 Å². The van der Waals surface area contributed by atoms with E-state index in [1.165, 1.54) is 21.9 Å². The van der Waals surface area contributed by atoms with Gasteiger partial charge in [0.25, 0.3) is 5.56 Å². The number of amides is 1. The summed E-state index contributed by atoms with van der Waals surface area (Å²) in [5.41, 5.74) is 0.532. The Balaban J connectivity index is 2.36. The quantitative estimate of drug-likeness (QED) is 0.856. The minimum Gasteiger partial charge on any atom is -0.357 e. The van der Waals surface area contributed by atoms with Crippen LogP contribution >= 0.6 is 11.3 Å². The lowest BCUT2D eigenvalue weighted by Crippen LogP contribution is -2.41. The van der Waals surface area contributed by atoms with Crippen molar-refractivity contribution in [2.75, 3.05) is 12.4 Å². The molecule has 2 heterocycles. The third-order valence-electron chi connectivity index (χ3n) is 3.13. The molecule has 8 heteroatoms. The van der Waals surface area contributed by atoms with E-state index in [0.717, 1.165) is 5.69 Å². The molecular weight excluding hydrogens is 290 g/mol. The van der Waals surface area contributed by atoms with Crippen LogP contribution < -0.4 is 16.2 Å². The van der Waals surface area contributed by atoms with E-state index < -0.39 is 6.04 Å². The monoisotopic (exact) mass is 309 g/mol. The Morgan fingerprint density at radius 3 is 2.76 bits per heavy atom. The molecule has 7 nitrogen and oxygen atoms in total. The summed E-state index contributed by atoms with van der Waals surface area (Å²) in [4.78, 5) is 28.7. The van der Waals surface area contributed by atoms with E-state index in [0.29, 0.717) is 16.5 Å². The highest BCUT2D eigenvalue weighted by atomic mass is 32.1. The lowest BCUT2D eigenvalue weighted by Gasteiger charge is -2.19. The van der Waals surface area contributed by atoms with Crippen molar-refractivity contribution in [3.8, 4) is 0 Å². The molecular formula is C13H19N5O2S. The summed E-state index contributed by atoms with van der Waals surface area (Å²) in [6, 6.07) is 1.08. The van der Waals surface area contributed by atoms with E-state index in [1.54, 1.807) is 7.05 Å². The highest BCUT2D eigenvalue weighted by molar-refractivity contribution is 7.20. The molecule has 2 rings (SSSR count). The van der Waals surface area contributed by atoms with Crippen LogP contribution in [0.2, 0.25) is 0 Å². The standard InChI is InChI=1S/C13H19N5O2S/c1-5-8-6-9(19)18-13(15-8)21-12(17-18)16-10(7(2)3)11(20)14-4/h6-7,10H,5H2,1-4H3,(H,14,20)(H,16,17). The second kappa shape index (κ2) is 6.21. The number of nitrogens with zero attached hydrogens (tertiary/aromatic N) is 3. The second-order valence-electron chi connectivity index (χ2n) is 5.02. The molecule has 1 amide bonds. The lowest BCUT2D eigenvalue weighted by atomic mass is 10.0. The zero-order valence-corrected chi connectivity index (χ0v) is 13.3. The average Bonchev–Trinajstić information content (AvgIpc) is 2.86. The highest BCUT2D eigenvalue weighted by Gasteiger charge is 2.22. The number of hydrogen-bond donors (Lipinski definition) is 2. The fraction of sp³-hybridized carbons (Fsp3) is 0.538. The second-order valence-corrected chi connectivity index (χ2v) is 5.98. The lowest BCUT2D eigenvalue weighted by molar-refractivity contribution is -0.122. The SMILES string of the molecule is CCc1cc(=O)n2nc(NC(C(=O)NC)C(C)C)sc2n1. The number of aromatic nitrogens is 3. The molecule has 21 heavy (non-hydrogen) atoms. The van der Waals surface area contributed by atoms with Crippen LogP contribution in [0.5, 0.6) is 0 Å². The van der Waals surface area contributed by atoms with Crippen LogP contribution in [-0.2, 0) is 11.2 Å². The molecule has 0 spiro atoms. The van der Waals surface area contributed by atoms with Crippen molar-refractivity contribution in [1.82, 2.24) is 19.9 Å². The van der Waals surface area contributed by atoms with Gasteiger partial charge in [-0.3, -0.25) is 9.59 Å². The normalized spacial score (nSPS) is 12.6. The van der Waals surface area contributed by atoms with Gasteiger partial charge in [0.2, 0.25) is 16.0 Å². The number of carbonyl (C=O) groups is 1. The van der Waals surface area contributed by atoms with Crippen molar-refractivity contribution >= 4 is 27.3 Å². The van der Waals surface area contributed by atoms with E-state index in [9.17, 15) is 9.59 Å². The summed E-state index contributed by atoms with van der Waals surface area (Å²) in [5, 5.41) is 10.4. The molecule has 2 aromatic rings. The van der Waals surface area contributed by atoms with Crippen molar-refractivity contribution in [1.29, 1.82) is 0 Å². The Morgan fingerprint density at radius 1 is 1.48 bits per heavy atom. The summed E-state index contributed by atoms with van der Waals surface area (Å²) in [6.45, 7) is 5.83. The minimum absolute atomic E-state index is 0.0906. The van der Waals surface area contributed by atoms with Crippen LogP contribution in [-0.4, -0.2) is 33.6 Å². The first-order valence-corrected chi connectivity index (χ1v) is 7.65. The summed E-state index contributed by atoms with van der Waals surface area (Å²) in [7, 11) is 1.59. The molecule has 1 atom stereocenters. The van der Waals surface area contributed by atoms with Crippen LogP contribution in [0.3, 0.4) is 0 Å². The largest absolute Gasteiger partial charge is 0.357 e. The van der Waals surface area contributed by atoms with E-state index in [2.05, 4.69) is 20.7 Å². The Kier molecular flexibility index (Phi) is 4.56. The van der Waals surface area contributed by atoms with Crippen LogP contribution in [0.15, 0.2) is 10.9 Å². The number of carbonyl (C=O) groups excluding carboxylic acids is 1. The van der Waals surface area contributed by atoms with Crippen LogP contribution in [0.4, 0.5) is 5.13 Å². The Morgan fingerprint density at radius 2 is 2.19 bits per heavy atom. The van der Waals surface area contributed by atoms with Gasteiger partial charge in [0.15, 0.2) is 0 Å². The third kappa shape index (κ3) is 3.21. The minimum atomic E-state index is -0.406. The third-order valence-corrected chi connectivity index (χ3v) is 3.97. The maximum absolute atomic E-state index is 11.9. The van der Waals surface area contributed by atoms with Crippen molar-refractivity contribution in [3.63, 3.8) is 0 Å². The number of rotatable bonds is 5. The summed E-state index contributed by atoms with van der Waals surface area (Å²) in [5.74, 6) is -0.0216. The molecule has 0 aliphatic heterocycles. The van der Waals surface area contributed by atoms with Crippen molar-refractivity contribution in [3.05, 3.63) is 22.1 Å². The first-order valence-electron chi connectivity index (χ1n) is 6.84. The first-order chi connectivity index (χ1) is 9.96. The van der Waals surface area contributed by atoms with Crippen LogP contribution in [0.1, 0.15) is 26.5 Å². The molecule has 0 fully saturated rings. The molecule has 2 N–H and O–H groups in total. The topological polar surface area (TPSA) is 88.4 Å². The van der Waals surface area contributed by atoms with Crippen LogP contribution in [0.25, 0.3) is 4.96 Å². The molecule has 0 aliphatic carbocycles. The van der Waals surface area contributed by atoms with Gasteiger partial charge in [-0.25, -0.2) is 4.98 Å². The molecule has 114 valence electrons. The van der Waals surface area contributed by atoms with Gasteiger partial charge in [0.1, 0.15) is 6.04 Å². The zero-order valence-electron chi connectivity index (χ0n) is 12.5.